The highest BCUT2D eigenvalue weighted by atomic mass is 19.1. The lowest BCUT2D eigenvalue weighted by Crippen LogP contribution is -2.14. The van der Waals surface area contributed by atoms with Crippen LogP contribution in [0.5, 0.6) is 0 Å². The summed E-state index contributed by atoms with van der Waals surface area (Å²) in [4.78, 5) is 4.62. The fourth-order valence-corrected chi connectivity index (χ4v) is 2.52. The molecule has 18 heavy (non-hydrogen) atoms. The van der Waals surface area contributed by atoms with Gasteiger partial charge < -0.3 is 10.1 Å². The number of anilines is 1. The van der Waals surface area contributed by atoms with Crippen molar-refractivity contribution in [1.82, 2.24) is 4.98 Å². The van der Waals surface area contributed by atoms with Gasteiger partial charge in [-0.3, -0.25) is 4.98 Å². The zero-order valence-corrected chi connectivity index (χ0v) is 10.5. The van der Waals surface area contributed by atoms with Crippen molar-refractivity contribution in [3.63, 3.8) is 0 Å². The minimum Gasteiger partial charge on any atom is -0.387 e. The van der Waals surface area contributed by atoms with Gasteiger partial charge in [-0.05, 0) is 19.1 Å². The molecule has 0 aliphatic carbocycles. The number of halogens is 1. The first kappa shape index (κ1) is 11.4. The zero-order valence-electron chi connectivity index (χ0n) is 10.5. The Hall–Kier alpha value is -1.68. The van der Waals surface area contributed by atoms with Gasteiger partial charge in [-0.15, -0.1) is 0 Å². The molecule has 0 amide bonds. The highest BCUT2D eigenvalue weighted by molar-refractivity contribution is 5.95. The van der Waals surface area contributed by atoms with Crippen molar-refractivity contribution in [1.29, 1.82) is 0 Å². The standard InChI is InChI=1S/C14H15FN2O/c1-8-11(15)4-3-9-13(8)17-12-5-6-18-7-10(12)14(9)16-2/h3-4H,5-7H2,1-2H3,(H,16,17). The molecule has 0 unspecified atom stereocenters. The van der Waals surface area contributed by atoms with Crippen LogP contribution in [0.1, 0.15) is 16.8 Å². The van der Waals surface area contributed by atoms with Crippen molar-refractivity contribution < 1.29 is 9.13 Å². The highest BCUT2D eigenvalue weighted by Gasteiger charge is 2.19. The van der Waals surface area contributed by atoms with Crippen LogP contribution in [0.4, 0.5) is 10.1 Å². The molecule has 0 saturated carbocycles. The second-order valence-electron chi connectivity index (χ2n) is 4.53. The highest BCUT2D eigenvalue weighted by Crippen LogP contribution is 2.33. The summed E-state index contributed by atoms with van der Waals surface area (Å²) in [6.45, 7) is 3.03. The van der Waals surface area contributed by atoms with Gasteiger partial charge in [0.1, 0.15) is 5.82 Å². The van der Waals surface area contributed by atoms with Crippen LogP contribution in [0.3, 0.4) is 0 Å². The van der Waals surface area contributed by atoms with Gasteiger partial charge in [0.15, 0.2) is 0 Å². The normalized spacial score (nSPS) is 14.6. The predicted octanol–water partition coefficient (Wildman–Crippen LogP) is 2.80. The van der Waals surface area contributed by atoms with E-state index in [-0.39, 0.29) is 5.82 Å². The number of aryl methyl sites for hydroxylation is 1. The van der Waals surface area contributed by atoms with Crippen LogP contribution in [-0.2, 0) is 17.8 Å². The average molecular weight is 246 g/mol. The second kappa shape index (κ2) is 4.21. The number of benzene rings is 1. The molecule has 1 aromatic carbocycles. The molecule has 0 bridgehead atoms. The third-order valence-corrected chi connectivity index (χ3v) is 3.51. The van der Waals surface area contributed by atoms with E-state index in [0.717, 1.165) is 34.3 Å². The maximum atomic E-state index is 13.6. The first-order valence-electron chi connectivity index (χ1n) is 6.08. The SMILES string of the molecule is CNc1c2c(nc3c(C)c(F)ccc13)CCOC2. The lowest BCUT2D eigenvalue weighted by Gasteiger charge is -2.21. The fourth-order valence-electron chi connectivity index (χ4n) is 2.52. The number of fused-ring (bicyclic) bond motifs is 2. The molecule has 0 radical (unpaired) electrons. The molecule has 0 saturated heterocycles. The number of hydrogen-bond acceptors (Lipinski definition) is 3. The Morgan fingerprint density at radius 2 is 2.22 bits per heavy atom. The largest absolute Gasteiger partial charge is 0.387 e. The Kier molecular flexibility index (Phi) is 2.67. The quantitative estimate of drug-likeness (QED) is 0.840. The maximum Gasteiger partial charge on any atom is 0.128 e. The fraction of sp³-hybridized carbons (Fsp3) is 0.357. The lowest BCUT2D eigenvalue weighted by molar-refractivity contribution is 0.110. The van der Waals surface area contributed by atoms with Gasteiger partial charge in [-0.25, -0.2) is 4.39 Å². The van der Waals surface area contributed by atoms with Crippen LogP contribution < -0.4 is 5.32 Å². The zero-order chi connectivity index (χ0) is 12.7. The van der Waals surface area contributed by atoms with Gasteiger partial charge in [0, 0.05) is 30.0 Å². The smallest absolute Gasteiger partial charge is 0.128 e. The number of ether oxygens (including phenoxy) is 1. The molecule has 3 nitrogen and oxygen atoms in total. The minimum atomic E-state index is -0.205. The molecule has 1 N–H and O–H groups in total. The molecule has 4 heteroatoms. The van der Waals surface area contributed by atoms with Crippen molar-refractivity contribution in [3.8, 4) is 0 Å². The molecular weight excluding hydrogens is 231 g/mol. The molecule has 0 atom stereocenters. The summed E-state index contributed by atoms with van der Waals surface area (Å²) in [5.74, 6) is -0.205. The van der Waals surface area contributed by atoms with E-state index in [9.17, 15) is 4.39 Å². The van der Waals surface area contributed by atoms with E-state index in [4.69, 9.17) is 4.74 Å². The van der Waals surface area contributed by atoms with Crippen LogP contribution in [0.15, 0.2) is 12.1 Å². The van der Waals surface area contributed by atoms with Crippen LogP contribution >= 0.6 is 0 Å². The van der Waals surface area contributed by atoms with Crippen molar-refractivity contribution in [2.24, 2.45) is 0 Å². The third kappa shape index (κ3) is 1.56. The first-order chi connectivity index (χ1) is 8.72. The molecule has 94 valence electrons. The summed E-state index contributed by atoms with van der Waals surface area (Å²) in [6, 6.07) is 3.28. The summed E-state index contributed by atoms with van der Waals surface area (Å²) in [5, 5.41) is 4.16. The van der Waals surface area contributed by atoms with Gasteiger partial charge in [0.05, 0.1) is 30.1 Å². The molecule has 1 aliphatic rings. The number of rotatable bonds is 1. The van der Waals surface area contributed by atoms with E-state index in [1.165, 1.54) is 6.07 Å². The minimum absolute atomic E-state index is 0.205. The monoisotopic (exact) mass is 246 g/mol. The van der Waals surface area contributed by atoms with Gasteiger partial charge in [0.2, 0.25) is 0 Å². The summed E-state index contributed by atoms with van der Waals surface area (Å²) < 4.78 is 19.1. The van der Waals surface area contributed by atoms with Crippen molar-refractivity contribution >= 4 is 16.6 Å². The Bertz CT molecular complexity index is 625. The summed E-state index contributed by atoms with van der Waals surface area (Å²) in [6.07, 6.45) is 0.788. The summed E-state index contributed by atoms with van der Waals surface area (Å²) in [5.41, 5.74) is 4.49. The average Bonchev–Trinajstić information content (AvgIpc) is 2.41. The number of pyridine rings is 1. The molecule has 3 rings (SSSR count). The van der Waals surface area contributed by atoms with Crippen molar-refractivity contribution in [2.75, 3.05) is 19.0 Å². The second-order valence-corrected chi connectivity index (χ2v) is 4.53. The van der Waals surface area contributed by atoms with Crippen LogP contribution in [0.2, 0.25) is 0 Å². The van der Waals surface area contributed by atoms with E-state index in [2.05, 4.69) is 10.3 Å². The van der Waals surface area contributed by atoms with Crippen LogP contribution in [0, 0.1) is 12.7 Å². The number of nitrogens with one attached hydrogen (secondary N) is 1. The van der Waals surface area contributed by atoms with Crippen molar-refractivity contribution in [3.05, 3.63) is 34.8 Å². The van der Waals surface area contributed by atoms with Crippen molar-refractivity contribution in [2.45, 2.75) is 20.0 Å². The molecule has 2 heterocycles. The Balaban J connectivity index is 2.40. The van der Waals surface area contributed by atoms with Gasteiger partial charge in [0.25, 0.3) is 0 Å². The summed E-state index contributed by atoms with van der Waals surface area (Å²) >= 11 is 0. The maximum absolute atomic E-state index is 13.6. The molecular formula is C14H15FN2O. The van der Waals surface area contributed by atoms with Crippen LogP contribution in [-0.4, -0.2) is 18.6 Å². The number of nitrogens with zero attached hydrogens (tertiary/aromatic N) is 1. The van der Waals surface area contributed by atoms with E-state index < -0.39 is 0 Å². The van der Waals surface area contributed by atoms with E-state index >= 15 is 0 Å². The molecule has 1 aliphatic heterocycles. The molecule has 0 fully saturated rings. The predicted molar refractivity (Wildman–Crippen MR) is 69.3 cm³/mol. The number of hydrogen-bond donors (Lipinski definition) is 1. The van der Waals surface area contributed by atoms with E-state index in [1.807, 2.05) is 7.05 Å². The van der Waals surface area contributed by atoms with E-state index in [0.29, 0.717) is 18.8 Å². The summed E-state index contributed by atoms with van der Waals surface area (Å²) in [7, 11) is 1.88. The Morgan fingerprint density at radius 1 is 1.39 bits per heavy atom. The number of aromatic nitrogens is 1. The Morgan fingerprint density at radius 3 is 3.00 bits per heavy atom. The van der Waals surface area contributed by atoms with Gasteiger partial charge >= 0.3 is 0 Å². The topological polar surface area (TPSA) is 34.2 Å². The Labute approximate surface area is 105 Å². The first-order valence-corrected chi connectivity index (χ1v) is 6.08. The third-order valence-electron chi connectivity index (χ3n) is 3.51. The van der Waals surface area contributed by atoms with Gasteiger partial charge in [-0.2, -0.15) is 0 Å². The van der Waals surface area contributed by atoms with Gasteiger partial charge in [-0.1, -0.05) is 0 Å². The molecule has 2 aromatic rings. The lowest BCUT2D eigenvalue weighted by atomic mass is 10.0. The molecule has 1 aromatic heterocycles. The van der Waals surface area contributed by atoms with E-state index in [1.54, 1.807) is 13.0 Å². The molecule has 0 spiro atoms. The van der Waals surface area contributed by atoms with Crippen LogP contribution in [0.25, 0.3) is 10.9 Å².